The molecule has 0 aromatic heterocycles. The number of carbonyl (C=O) groups is 1. The third-order valence-electron chi connectivity index (χ3n) is 2.47. The summed E-state index contributed by atoms with van der Waals surface area (Å²) in [4.78, 5) is 10.8. The molecule has 1 unspecified atom stereocenters. The Bertz CT molecular complexity index is 525. The molecule has 0 saturated carbocycles. The molecule has 2 N–H and O–H groups in total. The standard InChI is InChI=1S/C12H17NO4S/c1-3-5-9(2)13-18(16,17)11-7-4-6-10(8-11)12(14)15/h4,6-9,13H,3,5H2,1-2H3,(H,14,15). The molecule has 0 spiro atoms. The molecule has 0 fully saturated rings. The quantitative estimate of drug-likeness (QED) is 0.827. The van der Waals surface area contributed by atoms with Gasteiger partial charge >= 0.3 is 5.97 Å². The number of sulfonamides is 1. The lowest BCUT2D eigenvalue weighted by atomic mass is 10.2. The second kappa shape index (κ2) is 5.97. The van der Waals surface area contributed by atoms with Gasteiger partial charge in [-0.1, -0.05) is 19.4 Å². The molecule has 18 heavy (non-hydrogen) atoms. The SMILES string of the molecule is CCCC(C)NS(=O)(=O)c1cccc(C(=O)O)c1. The van der Waals surface area contributed by atoms with Crippen LogP contribution in [-0.4, -0.2) is 25.5 Å². The summed E-state index contributed by atoms with van der Waals surface area (Å²) >= 11 is 0. The van der Waals surface area contributed by atoms with Crippen molar-refractivity contribution in [3.63, 3.8) is 0 Å². The van der Waals surface area contributed by atoms with E-state index >= 15 is 0 Å². The number of carboxylic acid groups (broad SMARTS) is 1. The van der Waals surface area contributed by atoms with Crippen LogP contribution in [0.3, 0.4) is 0 Å². The van der Waals surface area contributed by atoms with Gasteiger partial charge in [-0.25, -0.2) is 17.9 Å². The summed E-state index contributed by atoms with van der Waals surface area (Å²) in [5, 5.41) is 8.83. The lowest BCUT2D eigenvalue weighted by molar-refractivity contribution is 0.0696. The molecule has 1 aromatic rings. The van der Waals surface area contributed by atoms with E-state index in [1.54, 1.807) is 6.92 Å². The van der Waals surface area contributed by atoms with Gasteiger partial charge in [0, 0.05) is 6.04 Å². The Labute approximate surface area is 107 Å². The first kappa shape index (κ1) is 14.7. The Kier molecular flexibility index (Phi) is 4.86. The van der Waals surface area contributed by atoms with Crippen LogP contribution < -0.4 is 4.72 Å². The minimum absolute atomic E-state index is 0.0228. The number of aromatic carboxylic acids is 1. The Hall–Kier alpha value is -1.40. The largest absolute Gasteiger partial charge is 0.478 e. The number of hydrogen-bond acceptors (Lipinski definition) is 3. The van der Waals surface area contributed by atoms with Crippen LogP contribution >= 0.6 is 0 Å². The normalized spacial score (nSPS) is 13.2. The van der Waals surface area contributed by atoms with E-state index in [0.717, 1.165) is 18.9 Å². The molecule has 1 rings (SSSR count). The van der Waals surface area contributed by atoms with E-state index in [9.17, 15) is 13.2 Å². The summed E-state index contributed by atoms with van der Waals surface area (Å²) in [6, 6.07) is 5.14. The first-order valence-electron chi connectivity index (χ1n) is 5.72. The average molecular weight is 271 g/mol. The maximum Gasteiger partial charge on any atom is 0.335 e. The van der Waals surface area contributed by atoms with Crippen LogP contribution in [0.15, 0.2) is 29.2 Å². The first-order chi connectivity index (χ1) is 8.36. The summed E-state index contributed by atoms with van der Waals surface area (Å²) in [6.45, 7) is 3.75. The Morgan fingerprint density at radius 3 is 2.67 bits per heavy atom. The van der Waals surface area contributed by atoms with E-state index in [2.05, 4.69) is 4.72 Å². The molecule has 100 valence electrons. The third-order valence-corrected chi connectivity index (χ3v) is 4.06. The highest BCUT2D eigenvalue weighted by Crippen LogP contribution is 2.12. The summed E-state index contributed by atoms with van der Waals surface area (Å²) < 4.78 is 26.5. The van der Waals surface area contributed by atoms with Gasteiger partial charge in [0.05, 0.1) is 10.5 Å². The summed E-state index contributed by atoms with van der Waals surface area (Å²) in [6.07, 6.45) is 1.61. The van der Waals surface area contributed by atoms with Gasteiger partial charge in [-0.15, -0.1) is 0 Å². The van der Waals surface area contributed by atoms with E-state index in [1.165, 1.54) is 18.2 Å². The van der Waals surface area contributed by atoms with Gasteiger partial charge in [-0.05, 0) is 31.5 Å². The van der Waals surface area contributed by atoms with Gasteiger partial charge in [0.1, 0.15) is 0 Å². The zero-order valence-corrected chi connectivity index (χ0v) is 11.2. The van der Waals surface area contributed by atoms with Crippen LogP contribution in [0.4, 0.5) is 0 Å². The van der Waals surface area contributed by atoms with E-state index in [0.29, 0.717) is 0 Å². The fraction of sp³-hybridized carbons (Fsp3) is 0.417. The van der Waals surface area contributed by atoms with E-state index in [1.807, 2.05) is 6.92 Å². The second-order valence-corrected chi connectivity index (χ2v) is 5.86. The van der Waals surface area contributed by atoms with E-state index in [4.69, 9.17) is 5.11 Å². The lowest BCUT2D eigenvalue weighted by Crippen LogP contribution is -2.32. The van der Waals surface area contributed by atoms with Gasteiger partial charge in [0.15, 0.2) is 0 Å². The van der Waals surface area contributed by atoms with Gasteiger partial charge in [-0.2, -0.15) is 0 Å². The molecular weight excluding hydrogens is 254 g/mol. The average Bonchev–Trinajstić information content (AvgIpc) is 2.28. The van der Waals surface area contributed by atoms with Crippen LogP contribution in [0, 0.1) is 0 Å². The molecular formula is C12H17NO4S. The Morgan fingerprint density at radius 1 is 1.44 bits per heavy atom. The molecule has 1 aromatic carbocycles. The molecule has 0 aliphatic heterocycles. The minimum atomic E-state index is -3.65. The second-order valence-electron chi connectivity index (χ2n) is 4.14. The molecule has 0 bridgehead atoms. The van der Waals surface area contributed by atoms with Crippen molar-refractivity contribution in [1.29, 1.82) is 0 Å². The van der Waals surface area contributed by atoms with Gasteiger partial charge in [-0.3, -0.25) is 0 Å². The lowest BCUT2D eigenvalue weighted by Gasteiger charge is -2.13. The Balaban J connectivity index is 2.98. The highest BCUT2D eigenvalue weighted by molar-refractivity contribution is 7.89. The monoisotopic (exact) mass is 271 g/mol. The molecule has 1 atom stereocenters. The molecule has 5 nitrogen and oxygen atoms in total. The molecule has 6 heteroatoms. The van der Waals surface area contributed by atoms with Crippen LogP contribution in [0.1, 0.15) is 37.0 Å². The zero-order valence-electron chi connectivity index (χ0n) is 10.4. The smallest absolute Gasteiger partial charge is 0.335 e. The highest BCUT2D eigenvalue weighted by atomic mass is 32.2. The number of rotatable bonds is 6. The molecule has 0 radical (unpaired) electrons. The van der Waals surface area contributed by atoms with Crippen molar-refractivity contribution >= 4 is 16.0 Å². The van der Waals surface area contributed by atoms with E-state index < -0.39 is 16.0 Å². The molecule has 0 saturated heterocycles. The Morgan fingerprint density at radius 2 is 2.11 bits per heavy atom. The number of hydrogen-bond donors (Lipinski definition) is 2. The predicted molar refractivity (Wildman–Crippen MR) is 68.1 cm³/mol. The van der Waals surface area contributed by atoms with Crippen molar-refractivity contribution in [2.75, 3.05) is 0 Å². The topological polar surface area (TPSA) is 83.5 Å². The van der Waals surface area contributed by atoms with Gasteiger partial charge in [0.25, 0.3) is 0 Å². The summed E-state index contributed by atoms with van der Waals surface area (Å²) in [5.41, 5.74) is -0.0407. The van der Waals surface area contributed by atoms with Gasteiger partial charge < -0.3 is 5.11 Å². The van der Waals surface area contributed by atoms with Crippen LogP contribution in [0.2, 0.25) is 0 Å². The van der Waals surface area contributed by atoms with Crippen LogP contribution in [0.5, 0.6) is 0 Å². The molecule has 0 heterocycles. The first-order valence-corrected chi connectivity index (χ1v) is 7.21. The van der Waals surface area contributed by atoms with Crippen molar-refractivity contribution < 1.29 is 18.3 Å². The maximum absolute atomic E-state index is 12.0. The minimum Gasteiger partial charge on any atom is -0.478 e. The molecule has 0 aliphatic rings. The third kappa shape index (κ3) is 3.82. The van der Waals surface area contributed by atoms with Crippen molar-refractivity contribution in [1.82, 2.24) is 4.72 Å². The zero-order chi connectivity index (χ0) is 13.8. The van der Waals surface area contributed by atoms with Crippen molar-refractivity contribution in [3.05, 3.63) is 29.8 Å². The van der Waals surface area contributed by atoms with Crippen molar-refractivity contribution in [2.24, 2.45) is 0 Å². The fourth-order valence-corrected chi connectivity index (χ4v) is 2.94. The predicted octanol–water partition coefficient (Wildman–Crippen LogP) is 1.85. The fourth-order valence-electron chi connectivity index (χ4n) is 1.62. The number of nitrogens with one attached hydrogen (secondary N) is 1. The summed E-state index contributed by atoms with van der Waals surface area (Å²) in [5.74, 6) is -1.14. The maximum atomic E-state index is 12.0. The molecule has 0 aliphatic carbocycles. The van der Waals surface area contributed by atoms with Crippen LogP contribution in [-0.2, 0) is 10.0 Å². The number of benzene rings is 1. The van der Waals surface area contributed by atoms with Crippen LogP contribution in [0.25, 0.3) is 0 Å². The highest BCUT2D eigenvalue weighted by Gasteiger charge is 2.18. The van der Waals surface area contributed by atoms with E-state index in [-0.39, 0.29) is 16.5 Å². The van der Waals surface area contributed by atoms with Crippen molar-refractivity contribution in [3.8, 4) is 0 Å². The number of carboxylic acids is 1. The van der Waals surface area contributed by atoms with Gasteiger partial charge in [0.2, 0.25) is 10.0 Å². The molecule has 0 amide bonds. The summed E-state index contributed by atoms with van der Waals surface area (Å²) in [7, 11) is -3.65. The van der Waals surface area contributed by atoms with Crippen molar-refractivity contribution in [2.45, 2.75) is 37.6 Å².